The van der Waals surface area contributed by atoms with E-state index in [9.17, 15) is 23.7 Å². The number of carbonyl (C=O) groups is 1. The van der Waals surface area contributed by atoms with Crippen molar-refractivity contribution in [2.75, 3.05) is 4.90 Å². The van der Waals surface area contributed by atoms with Crippen molar-refractivity contribution >= 4 is 29.2 Å². The Bertz CT molecular complexity index is 1190. The Hall–Kier alpha value is -4.20. The third-order valence-corrected chi connectivity index (χ3v) is 4.45. The first-order chi connectivity index (χ1) is 14.4. The first kappa shape index (κ1) is 19.1. The van der Waals surface area contributed by atoms with Crippen molar-refractivity contribution in [2.45, 2.75) is 0 Å². The molecule has 0 aliphatic carbocycles. The van der Waals surface area contributed by atoms with E-state index in [0.717, 1.165) is 0 Å². The van der Waals surface area contributed by atoms with E-state index >= 15 is 0 Å². The van der Waals surface area contributed by atoms with Crippen LogP contribution in [0, 0.1) is 21.7 Å². The number of amides is 1. The lowest BCUT2D eigenvalue weighted by molar-refractivity contribution is -0.384. The lowest BCUT2D eigenvalue weighted by atomic mass is 10.1. The van der Waals surface area contributed by atoms with Crippen molar-refractivity contribution in [3.8, 4) is 0 Å². The van der Waals surface area contributed by atoms with E-state index in [1.54, 1.807) is 0 Å². The van der Waals surface area contributed by atoms with Crippen molar-refractivity contribution in [1.29, 1.82) is 0 Å². The van der Waals surface area contributed by atoms with Crippen molar-refractivity contribution in [2.24, 2.45) is 4.99 Å². The first-order valence-electron chi connectivity index (χ1n) is 8.83. The maximum atomic E-state index is 13.4. The number of aliphatic imine (C=N–C) groups is 1. The number of anilines is 1. The summed E-state index contributed by atoms with van der Waals surface area (Å²) in [6.07, 6.45) is 1.50. The van der Waals surface area contributed by atoms with Crippen LogP contribution in [0.15, 0.2) is 83.5 Å². The second-order valence-electron chi connectivity index (χ2n) is 6.44. The minimum Gasteiger partial charge on any atom is -0.266 e. The van der Waals surface area contributed by atoms with E-state index in [1.807, 2.05) is 0 Å². The molecule has 0 saturated carbocycles. The van der Waals surface area contributed by atoms with Crippen molar-refractivity contribution in [1.82, 2.24) is 0 Å². The van der Waals surface area contributed by atoms with Crippen LogP contribution < -0.4 is 4.90 Å². The summed E-state index contributed by atoms with van der Waals surface area (Å²) in [5.41, 5.74) is 1.47. The van der Waals surface area contributed by atoms with E-state index < -0.39 is 22.5 Å². The van der Waals surface area contributed by atoms with Gasteiger partial charge in [-0.2, -0.15) is 0 Å². The number of halogens is 2. The molecule has 0 N–H and O–H groups in total. The topological polar surface area (TPSA) is 75.8 Å². The molecule has 0 radical (unpaired) electrons. The van der Waals surface area contributed by atoms with Crippen LogP contribution in [0.5, 0.6) is 0 Å². The van der Waals surface area contributed by atoms with E-state index in [2.05, 4.69) is 4.99 Å². The molecule has 8 heteroatoms. The van der Waals surface area contributed by atoms with Crippen LogP contribution in [0.3, 0.4) is 0 Å². The summed E-state index contributed by atoms with van der Waals surface area (Å²) in [6.45, 7) is 0. The fourth-order valence-corrected chi connectivity index (χ4v) is 2.99. The number of amidine groups is 1. The third kappa shape index (κ3) is 3.70. The molecule has 3 aromatic carbocycles. The van der Waals surface area contributed by atoms with Gasteiger partial charge in [-0.25, -0.2) is 13.8 Å². The monoisotopic (exact) mass is 405 g/mol. The molecule has 0 fully saturated rings. The molecule has 30 heavy (non-hydrogen) atoms. The summed E-state index contributed by atoms with van der Waals surface area (Å²) >= 11 is 0. The van der Waals surface area contributed by atoms with Gasteiger partial charge >= 0.3 is 0 Å². The van der Waals surface area contributed by atoms with Gasteiger partial charge in [-0.05, 0) is 72.3 Å². The molecule has 0 unspecified atom stereocenters. The van der Waals surface area contributed by atoms with Gasteiger partial charge in [0.05, 0.1) is 10.6 Å². The highest BCUT2D eigenvalue weighted by atomic mass is 19.1. The minimum absolute atomic E-state index is 0.0710. The molecule has 0 bridgehead atoms. The van der Waals surface area contributed by atoms with Crippen molar-refractivity contribution in [3.63, 3.8) is 0 Å². The maximum Gasteiger partial charge on any atom is 0.282 e. The number of hydrogen-bond donors (Lipinski definition) is 0. The van der Waals surface area contributed by atoms with Gasteiger partial charge < -0.3 is 0 Å². The summed E-state index contributed by atoms with van der Waals surface area (Å²) in [7, 11) is 0. The Morgan fingerprint density at radius 2 is 1.43 bits per heavy atom. The van der Waals surface area contributed by atoms with Crippen molar-refractivity contribution < 1.29 is 18.5 Å². The Morgan fingerprint density at radius 3 is 2.00 bits per heavy atom. The zero-order chi connectivity index (χ0) is 21.3. The van der Waals surface area contributed by atoms with E-state index in [1.165, 1.54) is 83.8 Å². The molecule has 0 atom stereocenters. The number of hydrogen-bond acceptors (Lipinski definition) is 4. The van der Waals surface area contributed by atoms with Gasteiger partial charge in [0.15, 0.2) is 0 Å². The van der Waals surface area contributed by atoms with E-state index in [-0.39, 0.29) is 17.2 Å². The third-order valence-electron chi connectivity index (χ3n) is 4.45. The summed E-state index contributed by atoms with van der Waals surface area (Å²) in [4.78, 5) is 29.1. The standard InChI is InChI=1S/C22H13F2N3O3/c23-16-5-3-15(4-6-16)21-25-20(13-14-1-9-19(10-2-14)27(29)30)22(28)26(21)18-11-7-17(24)8-12-18/h1-13H/b20-13+. The van der Waals surface area contributed by atoms with Gasteiger partial charge in [0.25, 0.3) is 11.6 Å². The number of carbonyl (C=O) groups excluding carboxylic acids is 1. The zero-order valence-electron chi connectivity index (χ0n) is 15.3. The first-order valence-corrected chi connectivity index (χ1v) is 8.83. The van der Waals surface area contributed by atoms with Gasteiger partial charge in [0, 0.05) is 17.7 Å². The highest BCUT2D eigenvalue weighted by Gasteiger charge is 2.32. The molecule has 3 aromatic rings. The van der Waals surface area contributed by atoms with Crippen LogP contribution in [-0.2, 0) is 4.79 Å². The number of nitro groups is 1. The summed E-state index contributed by atoms with van der Waals surface area (Å²) < 4.78 is 26.7. The lowest BCUT2D eigenvalue weighted by Gasteiger charge is -2.18. The molecule has 1 aliphatic heterocycles. The number of rotatable bonds is 4. The fourth-order valence-electron chi connectivity index (χ4n) is 2.99. The van der Waals surface area contributed by atoms with Crippen LogP contribution >= 0.6 is 0 Å². The Balaban J connectivity index is 1.78. The zero-order valence-corrected chi connectivity index (χ0v) is 15.3. The van der Waals surface area contributed by atoms with Gasteiger partial charge in [0.1, 0.15) is 23.2 Å². The number of non-ortho nitro benzene ring substituents is 1. The van der Waals surface area contributed by atoms with Gasteiger partial charge in [-0.15, -0.1) is 0 Å². The smallest absolute Gasteiger partial charge is 0.266 e. The molecule has 6 nitrogen and oxygen atoms in total. The van der Waals surface area contributed by atoms with Crippen LogP contribution in [-0.4, -0.2) is 16.7 Å². The maximum absolute atomic E-state index is 13.4. The van der Waals surface area contributed by atoms with Gasteiger partial charge in [0.2, 0.25) is 0 Å². The fraction of sp³-hybridized carbons (Fsp3) is 0. The lowest BCUT2D eigenvalue weighted by Crippen LogP contribution is -2.32. The summed E-state index contributed by atoms with van der Waals surface area (Å²) in [6, 6.07) is 16.5. The minimum atomic E-state index is -0.515. The van der Waals surface area contributed by atoms with Crippen LogP contribution in [0.1, 0.15) is 11.1 Å². The molecular weight excluding hydrogens is 392 g/mol. The molecule has 1 amide bonds. The van der Waals surface area contributed by atoms with Crippen LogP contribution in [0.2, 0.25) is 0 Å². The van der Waals surface area contributed by atoms with E-state index in [4.69, 9.17) is 0 Å². The van der Waals surface area contributed by atoms with Gasteiger partial charge in [-0.3, -0.25) is 19.8 Å². The quantitative estimate of drug-likeness (QED) is 0.358. The molecule has 0 saturated heterocycles. The second-order valence-corrected chi connectivity index (χ2v) is 6.44. The summed E-state index contributed by atoms with van der Waals surface area (Å²) in [5.74, 6) is -1.08. The molecule has 1 heterocycles. The second kappa shape index (κ2) is 7.67. The largest absolute Gasteiger partial charge is 0.282 e. The highest BCUT2D eigenvalue weighted by molar-refractivity contribution is 6.33. The Kier molecular flexibility index (Phi) is 4.89. The highest BCUT2D eigenvalue weighted by Crippen LogP contribution is 2.28. The van der Waals surface area contributed by atoms with Crippen LogP contribution in [0.4, 0.5) is 20.2 Å². The van der Waals surface area contributed by atoms with Gasteiger partial charge in [-0.1, -0.05) is 0 Å². The van der Waals surface area contributed by atoms with Crippen LogP contribution in [0.25, 0.3) is 6.08 Å². The predicted octanol–water partition coefficient (Wildman–Crippen LogP) is 4.71. The Morgan fingerprint density at radius 1 is 0.867 bits per heavy atom. The summed E-state index contributed by atoms with van der Waals surface area (Å²) in [5, 5.41) is 10.8. The number of nitro benzene ring substituents is 1. The molecular formula is C22H13F2N3O3. The predicted molar refractivity (Wildman–Crippen MR) is 108 cm³/mol. The average Bonchev–Trinajstić information content (AvgIpc) is 3.06. The Labute approximate surface area is 169 Å². The van der Waals surface area contributed by atoms with E-state index in [0.29, 0.717) is 16.8 Å². The molecule has 0 spiro atoms. The number of benzene rings is 3. The normalized spacial score (nSPS) is 14.9. The average molecular weight is 405 g/mol. The molecule has 0 aromatic heterocycles. The number of nitrogens with zero attached hydrogens (tertiary/aromatic N) is 3. The van der Waals surface area contributed by atoms with Crippen molar-refractivity contribution in [3.05, 3.63) is 111 Å². The molecule has 1 aliphatic rings. The molecule has 4 rings (SSSR count). The SMILES string of the molecule is O=C1/C(=C\c2ccc([N+](=O)[O-])cc2)N=C(c2ccc(F)cc2)N1c1ccc(F)cc1. The molecule has 148 valence electrons.